The van der Waals surface area contributed by atoms with Crippen molar-refractivity contribution in [3.63, 3.8) is 0 Å². The Labute approximate surface area is 168 Å². The summed E-state index contributed by atoms with van der Waals surface area (Å²) in [7, 11) is 0. The highest BCUT2D eigenvalue weighted by atomic mass is 16.6. The number of anilines is 1. The Morgan fingerprint density at radius 2 is 1.55 bits per heavy atom. The second kappa shape index (κ2) is 9.36. The SMILES string of the molecule is CCN(C(=O)Oc1ccc([N+](=O)[O-])cc1)c1ccc(OCc2ccccc2)cc1. The molecule has 29 heavy (non-hydrogen) atoms. The highest BCUT2D eigenvalue weighted by Crippen LogP contribution is 2.23. The Morgan fingerprint density at radius 3 is 2.14 bits per heavy atom. The maximum atomic E-state index is 12.5. The van der Waals surface area contributed by atoms with E-state index in [9.17, 15) is 14.9 Å². The van der Waals surface area contributed by atoms with Crippen LogP contribution in [0.25, 0.3) is 0 Å². The zero-order valence-electron chi connectivity index (χ0n) is 15.9. The van der Waals surface area contributed by atoms with Crippen LogP contribution in [-0.4, -0.2) is 17.6 Å². The van der Waals surface area contributed by atoms with Crippen molar-refractivity contribution >= 4 is 17.5 Å². The largest absolute Gasteiger partial charge is 0.489 e. The lowest BCUT2D eigenvalue weighted by Crippen LogP contribution is -2.33. The molecule has 0 aliphatic heterocycles. The maximum Gasteiger partial charge on any atom is 0.419 e. The number of amides is 1. The average molecular weight is 392 g/mol. The topological polar surface area (TPSA) is 81.9 Å². The third-order valence-corrected chi connectivity index (χ3v) is 4.19. The van der Waals surface area contributed by atoms with E-state index >= 15 is 0 Å². The van der Waals surface area contributed by atoms with Crippen LogP contribution < -0.4 is 14.4 Å². The van der Waals surface area contributed by atoms with Crippen LogP contribution in [0.3, 0.4) is 0 Å². The summed E-state index contributed by atoms with van der Waals surface area (Å²) >= 11 is 0. The fourth-order valence-electron chi connectivity index (χ4n) is 2.67. The smallest absolute Gasteiger partial charge is 0.419 e. The van der Waals surface area contributed by atoms with Crippen molar-refractivity contribution in [3.8, 4) is 11.5 Å². The first-order chi connectivity index (χ1) is 14.1. The molecule has 0 aliphatic rings. The summed E-state index contributed by atoms with van der Waals surface area (Å²) in [6, 6.07) is 22.3. The van der Waals surface area contributed by atoms with E-state index in [2.05, 4.69) is 0 Å². The van der Waals surface area contributed by atoms with E-state index < -0.39 is 11.0 Å². The lowest BCUT2D eigenvalue weighted by molar-refractivity contribution is -0.384. The van der Waals surface area contributed by atoms with Gasteiger partial charge in [0.25, 0.3) is 5.69 Å². The predicted octanol–water partition coefficient (Wildman–Crippen LogP) is 5.20. The second-order valence-electron chi connectivity index (χ2n) is 6.13. The molecule has 3 rings (SSSR count). The minimum atomic E-state index is -0.570. The molecule has 0 atom stereocenters. The van der Waals surface area contributed by atoms with Gasteiger partial charge in [0.1, 0.15) is 18.1 Å². The van der Waals surface area contributed by atoms with Crippen molar-refractivity contribution in [2.45, 2.75) is 13.5 Å². The van der Waals surface area contributed by atoms with Gasteiger partial charge in [-0.15, -0.1) is 0 Å². The molecule has 7 heteroatoms. The van der Waals surface area contributed by atoms with Crippen LogP contribution in [0.2, 0.25) is 0 Å². The van der Waals surface area contributed by atoms with E-state index in [1.54, 1.807) is 24.3 Å². The fourth-order valence-corrected chi connectivity index (χ4v) is 2.67. The monoisotopic (exact) mass is 392 g/mol. The summed E-state index contributed by atoms with van der Waals surface area (Å²) in [4.78, 5) is 24.2. The molecule has 0 fully saturated rings. The van der Waals surface area contributed by atoms with Gasteiger partial charge in [0.15, 0.2) is 0 Å². The van der Waals surface area contributed by atoms with E-state index in [0.717, 1.165) is 5.56 Å². The molecule has 0 heterocycles. The molecule has 0 unspecified atom stereocenters. The summed E-state index contributed by atoms with van der Waals surface area (Å²) < 4.78 is 11.1. The second-order valence-corrected chi connectivity index (χ2v) is 6.13. The Hall–Kier alpha value is -3.87. The number of nitrogens with zero attached hydrogens (tertiary/aromatic N) is 2. The van der Waals surface area contributed by atoms with Crippen LogP contribution in [0.4, 0.5) is 16.2 Å². The Balaban J connectivity index is 1.62. The fraction of sp³-hybridized carbons (Fsp3) is 0.136. The Kier molecular flexibility index (Phi) is 6.42. The Bertz CT molecular complexity index is 957. The number of non-ortho nitro benzene ring substituents is 1. The molecule has 0 bridgehead atoms. The Morgan fingerprint density at radius 1 is 0.931 bits per heavy atom. The molecule has 0 aromatic heterocycles. The first kappa shape index (κ1) is 19.9. The summed E-state index contributed by atoms with van der Waals surface area (Å²) in [5.74, 6) is 0.930. The standard InChI is InChI=1S/C22H20N2O5/c1-2-23(22(25)29-21-14-10-19(11-15-21)24(26)27)18-8-12-20(13-9-18)28-16-17-6-4-3-5-7-17/h3-15H,2,16H2,1H3. The third kappa shape index (κ3) is 5.32. The molecular formula is C22H20N2O5. The molecule has 0 aliphatic carbocycles. The van der Waals surface area contributed by atoms with Crippen molar-refractivity contribution in [2.75, 3.05) is 11.4 Å². The zero-order chi connectivity index (χ0) is 20.6. The first-order valence-electron chi connectivity index (χ1n) is 9.07. The van der Waals surface area contributed by atoms with Crippen LogP contribution >= 0.6 is 0 Å². The van der Waals surface area contributed by atoms with Crippen LogP contribution in [-0.2, 0) is 6.61 Å². The lowest BCUT2D eigenvalue weighted by Gasteiger charge is -2.20. The minimum Gasteiger partial charge on any atom is -0.489 e. The van der Waals surface area contributed by atoms with Gasteiger partial charge in [-0.05, 0) is 48.9 Å². The molecule has 0 spiro atoms. The summed E-state index contributed by atoms with van der Waals surface area (Å²) in [6.07, 6.45) is -0.570. The lowest BCUT2D eigenvalue weighted by atomic mass is 10.2. The molecule has 0 saturated heterocycles. The van der Waals surface area contributed by atoms with Gasteiger partial charge in [0, 0.05) is 24.4 Å². The van der Waals surface area contributed by atoms with Gasteiger partial charge in [-0.3, -0.25) is 15.0 Å². The number of benzene rings is 3. The molecule has 0 N–H and O–H groups in total. The van der Waals surface area contributed by atoms with E-state index in [4.69, 9.17) is 9.47 Å². The van der Waals surface area contributed by atoms with Gasteiger partial charge in [0.2, 0.25) is 0 Å². The highest BCUT2D eigenvalue weighted by molar-refractivity contribution is 5.89. The van der Waals surface area contributed by atoms with Crippen LogP contribution in [0, 0.1) is 10.1 Å². The minimum absolute atomic E-state index is 0.0664. The number of nitro groups is 1. The van der Waals surface area contributed by atoms with E-state index in [1.807, 2.05) is 37.3 Å². The van der Waals surface area contributed by atoms with Gasteiger partial charge < -0.3 is 9.47 Å². The van der Waals surface area contributed by atoms with Crippen LogP contribution in [0.1, 0.15) is 12.5 Å². The number of hydrogen-bond donors (Lipinski definition) is 0. The van der Waals surface area contributed by atoms with Crippen molar-refractivity contribution < 1.29 is 19.2 Å². The predicted molar refractivity (Wildman–Crippen MR) is 109 cm³/mol. The van der Waals surface area contributed by atoms with E-state index in [0.29, 0.717) is 24.6 Å². The van der Waals surface area contributed by atoms with Crippen molar-refractivity contribution in [1.82, 2.24) is 0 Å². The number of carbonyl (C=O) groups excluding carboxylic acids is 1. The molecule has 1 amide bonds. The number of nitro benzene ring substituents is 1. The quantitative estimate of drug-likeness (QED) is 0.408. The normalized spacial score (nSPS) is 10.2. The van der Waals surface area contributed by atoms with Gasteiger partial charge in [-0.2, -0.15) is 0 Å². The van der Waals surface area contributed by atoms with Gasteiger partial charge >= 0.3 is 6.09 Å². The molecular weight excluding hydrogens is 372 g/mol. The molecule has 0 radical (unpaired) electrons. The van der Waals surface area contributed by atoms with E-state index in [-0.39, 0.29) is 11.4 Å². The zero-order valence-corrected chi connectivity index (χ0v) is 15.9. The van der Waals surface area contributed by atoms with E-state index in [1.165, 1.54) is 29.2 Å². The number of ether oxygens (including phenoxy) is 2. The molecule has 0 saturated carbocycles. The van der Waals surface area contributed by atoms with Crippen molar-refractivity contribution in [3.05, 3.63) is 94.5 Å². The molecule has 148 valence electrons. The summed E-state index contributed by atoms with van der Waals surface area (Å²) in [5.41, 5.74) is 1.66. The van der Waals surface area contributed by atoms with Crippen LogP contribution in [0.15, 0.2) is 78.9 Å². The van der Waals surface area contributed by atoms with Crippen molar-refractivity contribution in [1.29, 1.82) is 0 Å². The van der Waals surface area contributed by atoms with Gasteiger partial charge in [-0.1, -0.05) is 30.3 Å². The van der Waals surface area contributed by atoms with Crippen molar-refractivity contribution in [2.24, 2.45) is 0 Å². The summed E-state index contributed by atoms with van der Waals surface area (Å²) in [5, 5.41) is 10.7. The number of rotatable bonds is 7. The van der Waals surface area contributed by atoms with Gasteiger partial charge in [-0.25, -0.2) is 4.79 Å². The average Bonchev–Trinajstić information content (AvgIpc) is 2.75. The first-order valence-corrected chi connectivity index (χ1v) is 9.07. The molecule has 7 nitrogen and oxygen atoms in total. The highest BCUT2D eigenvalue weighted by Gasteiger charge is 2.17. The number of carbonyl (C=O) groups is 1. The summed E-state index contributed by atoms with van der Waals surface area (Å²) in [6.45, 7) is 2.69. The molecule has 3 aromatic carbocycles. The number of hydrogen-bond acceptors (Lipinski definition) is 5. The third-order valence-electron chi connectivity index (χ3n) is 4.19. The molecule has 3 aromatic rings. The van der Waals surface area contributed by atoms with Crippen LogP contribution in [0.5, 0.6) is 11.5 Å². The van der Waals surface area contributed by atoms with Gasteiger partial charge in [0.05, 0.1) is 4.92 Å². The maximum absolute atomic E-state index is 12.5.